The van der Waals surface area contributed by atoms with Crippen LogP contribution in [0.5, 0.6) is 0 Å². The Morgan fingerprint density at radius 1 is 1.31 bits per heavy atom. The molecule has 1 aliphatic heterocycles. The summed E-state index contributed by atoms with van der Waals surface area (Å²) in [6.07, 6.45) is 1.62. The molecule has 138 valence electrons. The van der Waals surface area contributed by atoms with Crippen LogP contribution in [0.4, 0.5) is 0 Å². The number of carbonyl (C=O) groups excluding carboxylic acids is 1. The largest absolute Gasteiger partial charge is 0.459 e. The first kappa shape index (κ1) is 16.8. The van der Waals surface area contributed by atoms with Crippen molar-refractivity contribution >= 4 is 27.9 Å². The molecule has 1 fully saturated rings. The quantitative estimate of drug-likeness (QED) is 0.712. The van der Waals surface area contributed by atoms with E-state index in [0.29, 0.717) is 42.8 Å². The molecule has 8 nitrogen and oxygen atoms in total. The summed E-state index contributed by atoms with van der Waals surface area (Å²) >= 11 is 0. The summed E-state index contributed by atoms with van der Waals surface area (Å²) in [4.78, 5) is 27.3. The molecule has 0 aromatic carbocycles. The number of rotatable bonds is 3. The van der Waals surface area contributed by atoms with Crippen LogP contribution in [0, 0.1) is 6.92 Å². The number of hydrogen-bond donors (Lipinski definition) is 0. The standard InChI is InChI=1S/C18H22N4O4/c1-11(2)22-14-8-12(3)26-17(14)13-9-19-21(18(24)16(13)22)10-15(23)20-4-6-25-7-5-20/h8-9,11H,4-7,10H2,1-3H3. The minimum absolute atomic E-state index is 0.0710. The molecule has 0 aliphatic carbocycles. The van der Waals surface area contributed by atoms with E-state index < -0.39 is 0 Å². The Morgan fingerprint density at radius 2 is 2.04 bits per heavy atom. The predicted molar refractivity (Wildman–Crippen MR) is 96.3 cm³/mol. The van der Waals surface area contributed by atoms with E-state index in [0.717, 1.165) is 11.3 Å². The van der Waals surface area contributed by atoms with Gasteiger partial charge in [-0.25, -0.2) is 4.68 Å². The van der Waals surface area contributed by atoms with Crippen LogP contribution in [0.15, 0.2) is 21.5 Å². The first-order valence-electron chi connectivity index (χ1n) is 8.83. The van der Waals surface area contributed by atoms with Crippen LogP contribution in [0.25, 0.3) is 22.0 Å². The third-order valence-corrected chi connectivity index (χ3v) is 4.76. The topological polar surface area (TPSA) is 82.5 Å². The molecule has 0 unspecified atom stereocenters. The molecule has 4 heterocycles. The van der Waals surface area contributed by atoms with Crippen molar-refractivity contribution in [2.45, 2.75) is 33.4 Å². The van der Waals surface area contributed by atoms with Crippen molar-refractivity contribution in [3.05, 3.63) is 28.4 Å². The van der Waals surface area contributed by atoms with Gasteiger partial charge in [0, 0.05) is 25.2 Å². The molecule has 8 heteroatoms. The molecule has 0 saturated carbocycles. The van der Waals surface area contributed by atoms with E-state index in [4.69, 9.17) is 9.15 Å². The first-order valence-corrected chi connectivity index (χ1v) is 8.83. The Kier molecular flexibility index (Phi) is 4.07. The number of amides is 1. The van der Waals surface area contributed by atoms with E-state index in [2.05, 4.69) is 5.10 Å². The van der Waals surface area contributed by atoms with Gasteiger partial charge in [0.15, 0.2) is 5.58 Å². The molecule has 0 spiro atoms. The number of hydrogen-bond acceptors (Lipinski definition) is 5. The molecule has 3 aromatic rings. The lowest BCUT2D eigenvalue weighted by molar-refractivity contribution is -0.136. The van der Waals surface area contributed by atoms with E-state index in [1.165, 1.54) is 4.68 Å². The zero-order chi connectivity index (χ0) is 18.4. The third-order valence-electron chi connectivity index (χ3n) is 4.76. The zero-order valence-corrected chi connectivity index (χ0v) is 15.2. The summed E-state index contributed by atoms with van der Waals surface area (Å²) in [6, 6.07) is 2.00. The van der Waals surface area contributed by atoms with Gasteiger partial charge in [-0.15, -0.1) is 0 Å². The number of morpholine rings is 1. The molecule has 4 rings (SSSR count). The minimum atomic E-state index is -0.276. The first-order chi connectivity index (χ1) is 12.5. The number of furan rings is 1. The number of ether oxygens (including phenoxy) is 1. The molecule has 0 radical (unpaired) electrons. The fourth-order valence-electron chi connectivity index (χ4n) is 3.56. The molecular formula is C18H22N4O4. The molecule has 1 saturated heterocycles. The second-order valence-electron chi connectivity index (χ2n) is 6.90. The molecular weight excluding hydrogens is 336 g/mol. The minimum Gasteiger partial charge on any atom is -0.459 e. The Bertz CT molecular complexity index is 1040. The Labute approximate surface area is 149 Å². The molecule has 1 aliphatic rings. The monoisotopic (exact) mass is 358 g/mol. The Balaban J connectivity index is 1.80. The maximum atomic E-state index is 13.1. The van der Waals surface area contributed by atoms with Crippen LogP contribution in [0.2, 0.25) is 0 Å². The van der Waals surface area contributed by atoms with E-state index >= 15 is 0 Å². The van der Waals surface area contributed by atoms with Crippen molar-refractivity contribution in [1.82, 2.24) is 19.2 Å². The summed E-state index contributed by atoms with van der Waals surface area (Å²) in [7, 11) is 0. The highest BCUT2D eigenvalue weighted by molar-refractivity contribution is 6.04. The molecule has 0 N–H and O–H groups in total. The number of carbonyl (C=O) groups is 1. The SMILES string of the molecule is Cc1cc2c(o1)c1cnn(CC(=O)N3CCOCC3)c(=O)c1n2C(C)C. The van der Waals surface area contributed by atoms with Gasteiger partial charge in [0.2, 0.25) is 5.91 Å². The van der Waals surface area contributed by atoms with E-state index in [-0.39, 0.29) is 24.1 Å². The summed E-state index contributed by atoms with van der Waals surface area (Å²) in [5.74, 6) is 0.669. The third kappa shape index (κ3) is 2.61. The van der Waals surface area contributed by atoms with Gasteiger partial charge in [0.1, 0.15) is 17.8 Å². The van der Waals surface area contributed by atoms with Gasteiger partial charge in [-0.1, -0.05) is 0 Å². The van der Waals surface area contributed by atoms with Crippen LogP contribution in [-0.2, 0) is 16.1 Å². The normalized spacial score (nSPS) is 15.5. The van der Waals surface area contributed by atoms with Crippen molar-refractivity contribution < 1.29 is 13.9 Å². The molecule has 26 heavy (non-hydrogen) atoms. The lowest BCUT2D eigenvalue weighted by atomic mass is 10.3. The van der Waals surface area contributed by atoms with Crippen molar-refractivity contribution in [2.75, 3.05) is 26.3 Å². The number of aryl methyl sites for hydroxylation is 1. The number of aromatic nitrogens is 3. The smallest absolute Gasteiger partial charge is 0.291 e. The van der Waals surface area contributed by atoms with Crippen molar-refractivity contribution in [1.29, 1.82) is 0 Å². The Morgan fingerprint density at radius 3 is 2.73 bits per heavy atom. The van der Waals surface area contributed by atoms with Crippen LogP contribution in [0.1, 0.15) is 25.6 Å². The van der Waals surface area contributed by atoms with Gasteiger partial charge >= 0.3 is 0 Å². The van der Waals surface area contributed by atoms with Gasteiger partial charge in [0.25, 0.3) is 5.56 Å². The second kappa shape index (κ2) is 6.28. The zero-order valence-electron chi connectivity index (χ0n) is 15.2. The molecule has 0 bridgehead atoms. The van der Waals surface area contributed by atoms with E-state index in [1.807, 2.05) is 31.4 Å². The van der Waals surface area contributed by atoms with Gasteiger partial charge in [-0.2, -0.15) is 5.10 Å². The molecule has 3 aromatic heterocycles. The highest BCUT2D eigenvalue weighted by Crippen LogP contribution is 2.31. The maximum absolute atomic E-state index is 13.1. The van der Waals surface area contributed by atoms with Crippen molar-refractivity contribution in [2.24, 2.45) is 0 Å². The number of fused-ring (bicyclic) bond motifs is 3. The van der Waals surface area contributed by atoms with E-state index in [1.54, 1.807) is 11.1 Å². The van der Waals surface area contributed by atoms with Gasteiger partial charge in [0.05, 0.1) is 30.3 Å². The number of nitrogens with zero attached hydrogens (tertiary/aromatic N) is 4. The molecule has 1 amide bonds. The van der Waals surface area contributed by atoms with Crippen LogP contribution >= 0.6 is 0 Å². The highest BCUT2D eigenvalue weighted by atomic mass is 16.5. The fourth-order valence-corrected chi connectivity index (χ4v) is 3.56. The average molecular weight is 358 g/mol. The highest BCUT2D eigenvalue weighted by Gasteiger charge is 2.23. The Hall–Kier alpha value is -2.61. The second-order valence-corrected chi connectivity index (χ2v) is 6.90. The maximum Gasteiger partial charge on any atom is 0.291 e. The van der Waals surface area contributed by atoms with Crippen LogP contribution in [0.3, 0.4) is 0 Å². The van der Waals surface area contributed by atoms with Crippen molar-refractivity contribution in [3.63, 3.8) is 0 Å². The summed E-state index contributed by atoms with van der Waals surface area (Å²) in [5.41, 5.74) is 1.80. The lowest BCUT2D eigenvalue weighted by Crippen LogP contribution is -2.43. The fraction of sp³-hybridized carbons (Fsp3) is 0.500. The molecule has 0 atom stereocenters. The van der Waals surface area contributed by atoms with Gasteiger partial charge in [-0.05, 0) is 20.8 Å². The predicted octanol–water partition coefficient (Wildman–Crippen LogP) is 1.69. The van der Waals surface area contributed by atoms with Gasteiger partial charge in [-0.3, -0.25) is 9.59 Å². The summed E-state index contributed by atoms with van der Waals surface area (Å²) < 4.78 is 14.3. The van der Waals surface area contributed by atoms with Crippen LogP contribution < -0.4 is 5.56 Å². The summed E-state index contributed by atoms with van der Waals surface area (Å²) in [6.45, 7) is 7.99. The van der Waals surface area contributed by atoms with E-state index in [9.17, 15) is 9.59 Å². The van der Waals surface area contributed by atoms with Gasteiger partial charge < -0.3 is 18.6 Å². The summed E-state index contributed by atoms with van der Waals surface area (Å²) in [5, 5.41) is 4.91. The average Bonchev–Trinajstić information content (AvgIpc) is 3.13. The van der Waals surface area contributed by atoms with Crippen LogP contribution in [-0.4, -0.2) is 51.5 Å². The lowest BCUT2D eigenvalue weighted by Gasteiger charge is -2.26. The van der Waals surface area contributed by atoms with Crippen molar-refractivity contribution in [3.8, 4) is 0 Å².